The van der Waals surface area contributed by atoms with Gasteiger partial charge in [0.15, 0.2) is 0 Å². The lowest BCUT2D eigenvalue weighted by Gasteiger charge is -2.35. The summed E-state index contributed by atoms with van der Waals surface area (Å²) in [6.07, 6.45) is 5.50. The van der Waals surface area contributed by atoms with Crippen LogP contribution in [0.25, 0.3) is 0 Å². The minimum absolute atomic E-state index is 0.105. The Morgan fingerprint density at radius 3 is 2.50 bits per heavy atom. The molecule has 2 N–H and O–H groups in total. The van der Waals surface area contributed by atoms with Crippen LogP contribution >= 0.6 is 23.2 Å². The van der Waals surface area contributed by atoms with Gasteiger partial charge in [0.2, 0.25) is 5.91 Å². The number of rotatable bonds is 11. The van der Waals surface area contributed by atoms with Crippen LogP contribution in [0.15, 0.2) is 36.5 Å². The Labute approximate surface area is 259 Å². The summed E-state index contributed by atoms with van der Waals surface area (Å²) in [6, 6.07) is 8.73. The molecule has 1 aromatic heterocycles. The van der Waals surface area contributed by atoms with Crippen LogP contribution in [0.3, 0.4) is 0 Å². The Balaban J connectivity index is 1.43. The number of pyridine rings is 1. The van der Waals surface area contributed by atoms with Gasteiger partial charge in [-0.05, 0) is 76.7 Å². The minimum Gasteiger partial charge on any atom is -0.490 e. The predicted molar refractivity (Wildman–Crippen MR) is 168 cm³/mol. The Morgan fingerprint density at radius 1 is 1.12 bits per heavy atom. The van der Waals surface area contributed by atoms with E-state index < -0.39 is 6.04 Å². The number of carbonyl (C=O) groups is 2. The first kappa shape index (κ1) is 32.3. The van der Waals surface area contributed by atoms with Crippen LogP contribution in [0.5, 0.6) is 5.75 Å². The van der Waals surface area contributed by atoms with E-state index in [0.29, 0.717) is 48.9 Å². The molecule has 0 bridgehead atoms. The van der Waals surface area contributed by atoms with E-state index in [1.54, 1.807) is 23.2 Å². The second-order valence-corrected chi connectivity index (χ2v) is 12.3. The quantitative estimate of drug-likeness (QED) is 0.387. The van der Waals surface area contributed by atoms with Gasteiger partial charge in [-0.15, -0.1) is 0 Å². The van der Waals surface area contributed by atoms with Gasteiger partial charge in [-0.1, -0.05) is 36.2 Å². The molecule has 4 rings (SSSR count). The molecule has 0 radical (unpaired) electrons. The molecule has 2 fully saturated rings. The lowest BCUT2D eigenvalue weighted by atomic mass is 9.91. The lowest BCUT2D eigenvalue weighted by Crippen LogP contribution is -2.54. The van der Waals surface area contributed by atoms with Crippen LogP contribution in [0.1, 0.15) is 49.8 Å². The van der Waals surface area contributed by atoms with Crippen LogP contribution < -0.4 is 15.4 Å². The van der Waals surface area contributed by atoms with Crippen molar-refractivity contribution in [3.8, 4) is 5.75 Å². The van der Waals surface area contributed by atoms with Gasteiger partial charge in [0, 0.05) is 66.8 Å². The van der Waals surface area contributed by atoms with Crippen molar-refractivity contribution in [1.29, 1.82) is 0 Å². The van der Waals surface area contributed by atoms with Crippen molar-refractivity contribution in [2.24, 2.45) is 0 Å². The van der Waals surface area contributed by atoms with E-state index in [2.05, 4.69) is 36.6 Å². The van der Waals surface area contributed by atoms with Crippen LogP contribution in [-0.4, -0.2) is 104 Å². The second kappa shape index (κ2) is 15.2. The largest absolute Gasteiger partial charge is 0.490 e. The molecule has 2 saturated heterocycles. The maximum atomic E-state index is 13.9. The first-order valence-corrected chi connectivity index (χ1v) is 15.6. The van der Waals surface area contributed by atoms with Gasteiger partial charge in [-0.2, -0.15) is 0 Å². The number of likely N-dealkylation sites (N-methyl/N-ethyl adjacent to an activating group) is 2. The molecular weight excluding hydrogens is 575 g/mol. The molecule has 42 heavy (non-hydrogen) atoms. The van der Waals surface area contributed by atoms with E-state index in [4.69, 9.17) is 32.9 Å². The highest BCUT2D eigenvalue weighted by Gasteiger charge is 2.34. The fourth-order valence-corrected chi connectivity index (χ4v) is 6.26. The molecule has 1 aromatic carbocycles. The standard InChI is InChI=1S/C31H44Cl2N6O3/c1-5-25(37(3)4)20-42-28-7-6-13-35-29(28)21-10-14-38(15-11-21)30(40)27(17-22-8-9-23(32)18-26(22)33)36-31(41)39-16-12-24(19-39)34-2/h6-9,13,18,21,24-25,27,34H,5,10-12,14-17,19-20H2,1-4H3,(H,36,41)/t24?,25-,27-/m1/s1. The maximum absolute atomic E-state index is 13.9. The van der Waals surface area contributed by atoms with Crippen LogP contribution in [0.2, 0.25) is 10.0 Å². The number of halogens is 2. The number of piperidine rings is 1. The number of nitrogens with one attached hydrogen (secondary N) is 2. The molecular formula is C31H44Cl2N6O3. The first-order valence-electron chi connectivity index (χ1n) is 14.9. The number of urea groups is 1. The van der Waals surface area contributed by atoms with Crippen molar-refractivity contribution in [2.45, 2.75) is 63.1 Å². The number of ether oxygens (including phenoxy) is 1. The molecule has 2 aliphatic heterocycles. The van der Waals surface area contributed by atoms with E-state index in [0.717, 1.165) is 42.7 Å². The van der Waals surface area contributed by atoms with Crippen molar-refractivity contribution in [3.05, 3.63) is 57.8 Å². The summed E-state index contributed by atoms with van der Waals surface area (Å²) < 4.78 is 6.25. The summed E-state index contributed by atoms with van der Waals surface area (Å²) >= 11 is 12.6. The Morgan fingerprint density at radius 2 is 1.86 bits per heavy atom. The van der Waals surface area contributed by atoms with E-state index in [9.17, 15) is 9.59 Å². The summed E-state index contributed by atoms with van der Waals surface area (Å²) in [4.78, 5) is 37.6. The molecule has 11 heteroatoms. The molecule has 1 unspecified atom stereocenters. The molecule has 3 heterocycles. The number of hydrogen-bond donors (Lipinski definition) is 2. The highest BCUT2D eigenvalue weighted by atomic mass is 35.5. The first-order chi connectivity index (χ1) is 20.2. The van der Waals surface area contributed by atoms with Crippen molar-refractivity contribution >= 4 is 35.1 Å². The summed E-state index contributed by atoms with van der Waals surface area (Å²) in [5.41, 5.74) is 1.71. The fourth-order valence-electron chi connectivity index (χ4n) is 5.77. The van der Waals surface area contributed by atoms with E-state index >= 15 is 0 Å². The van der Waals surface area contributed by atoms with Crippen LogP contribution in [-0.2, 0) is 11.2 Å². The zero-order valence-corrected chi connectivity index (χ0v) is 26.6. The number of amides is 3. The Hall–Kier alpha value is -2.59. The van der Waals surface area contributed by atoms with E-state index in [1.165, 1.54) is 0 Å². The number of hydrogen-bond acceptors (Lipinski definition) is 6. The lowest BCUT2D eigenvalue weighted by molar-refractivity contribution is -0.134. The van der Waals surface area contributed by atoms with Crippen molar-refractivity contribution in [2.75, 3.05) is 53.9 Å². The van der Waals surface area contributed by atoms with Gasteiger partial charge >= 0.3 is 6.03 Å². The molecule has 3 amide bonds. The van der Waals surface area contributed by atoms with Crippen LogP contribution in [0, 0.1) is 0 Å². The number of likely N-dealkylation sites (tertiary alicyclic amines) is 2. The molecule has 2 aromatic rings. The smallest absolute Gasteiger partial charge is 0.318 e. The third-order valence-corrected chi connectivity index (χ3v) is 9.13. The van der Waals surface area contributed by atoms with Gasteiger partial charge in [-0.25, -0.2) is 4.79 Å². The normalized spacial score (nSPS) is 19.2. The van der Waals surface area contributed by atoms with Gasteiger partial charge in [-0.3, -0.25) is 9.78 Å². The third kappa shape index (κ3) is 8.28. The monoisotopic (exact) mass is 618 g/mol. The van der Waals surface area contributed by atoms with Gasteiger partial charge in [0.25, 0.3) is 0 Å². The SMILES string of the molecule is CC[C@H](COc1cccnc1C1CCN(C(=O)[C@@H](Cc2ccc(Cl)cc2Cl)NC(=O)N2CCC(NC)C2)CC1)N(C)C. The summed E-state index contributed by atoms with van der Waals surface area (Å²) in [5.74, 6) is 0.897. The molecule has 3 atom stereocenters. The molecule has 2 aliphatic rings. The van der Waals surface area contributed by atoms with Gasteiger partial charge < -0.3 is 30.1 Å². The average molecular weight is 620 g/mol. The molecule has 0 aliphatic carbocycles. The van der Waals surface area contributed by atoms with Crippen molar-refractivity contribution in [1.82, 2.24) is 30.3 Å². The number of nitrogens with zero attached hydrogens (tertiary/aromatic N) is 4. The molecule has 9 nitrogen and oxygen atoms in total. The highest BCUT2D eigenvalue weighted by Crippen LogP contribution is 2.33. The summed E-state index contributed by atoms with van der Waals surface area (Å²) in [7, 11) is 6.03. The predicted octanol–water partition coefficient (Wildman–Crippen LogP) is 4.43. The fraction of sp³-hybridized carbons (Fsp3) is 0.581. The second-order valence-electron chi connectivity index (χ2n) is 11.5. The molecule has 0 spiro atoms. The van der Waals surface area contributed by atoms with E-state index in [1.807, 2.05) is 30.1 Å². The topological polar surface area (TPSA) is 90.0 Å². The van der Waals surface area contributed by atoms with Crippen LogP contribution in [0.4, 0.5) is 4.79 Å². The summed E-state index contributed by atoms with van der Waals surface area (Å²) in [6.45, 7) is 5.15. The number of carbonyl (C=O) groups excluding carboxylic acids is 2. The van der Waals surface area contributed by atoms with Gasteiger partial charge in [0.1, 0.15) is 18.4 Å². The minimum atomic E-state index is -0.743. The van der Waals surface area contributed by atoms with Gasteiger partial charge in [0.05, 0.1) is 5.69 Å². The Bertz CT molecular complexity index is 1210. The number of aromatic nitrogens is 1. The molecule has 0 saturated carbocycles. The average Bonchev–Trinajstić information content (AvgIpc) is 3.48. The molecule has 230 valence electrons. The third-order valence-electron chi connectivity index (χ3n) is 8.54. The Kier molecular flexibility index (Phi) is 11.7. The highest BCUT2D eigenvalue weighted by molar-refractivity contribution is 6.35. The summed E-state index contributed by atoms with van der Waals surface area (Å²) in [5, 5.41) is 7.26. The van der Waals surface area contributed by atoms with E-state index in [-0.39, 0.29) is 30.3 Å². The zero-order valence-electron chi connectivity index (χ0n) is 25.1. The van der Waals surface area contributed by atoms with Crippen molar-refractivity contribution < 1.29 is 14.3 Å². The number of benzene rings is 1. The van der Waals surface area contributed by atoms with Crippen molar-refractivity contribution in [3.63, 3.8) is 0 Å². The maximum Gasteiger partial charge on any atom is 0.318 e. The zero-order chi connectivity index (χ0) is 30.2.